The summed E-state index contributed by atoms with van der Waals surface area (Å²) in [7, 11) is 0. The van der Waals surface area contributed by atoms with Crippen LogP contribution in [0.2, 0.25) is 0 Å². The van der Waals surface area contributed by atoms with Crippen LogP contribution in [-0.2, 0) is 22.7 Å². The summed E-state index contributed by atoms with van der Waals surface area (Å²) in [5.41, 5.74) is 2.03. The number of benzene rings is 4. The van der Waals surface area contributed by atoms with Gasteiger partial charge in [-0.25, -0.2) is 0 Å². The van der Waals surface area contributed by atoms with Crippen LogP contribution in [0.4, 0.5) is 8.78 Å². The molecule has 1 aliphatic rings. The number of rotatable bonds is 15. The first-order chi connectivity index (χ1) is 23.9. The number of amides is 1. The van der Waals surface area contributed by atoms with E-state index in [9.17, 15) is 18.7 Å². The zero-order valence-corrected chi connectivity index (χ0v) is 27.4. The van der Waals surface area contributed by atoms with Gasteiger partial charge in [0.1, 0.15) is 6.10 Å². The first kappa shape index (κ1) is 33.9. The van der Waals surface area contributed by atoms with E-state index in [0.717, 1.165) is 48.4 Å². The molecule has 6 rings (SSSR count). The predicted molar refractivity (Wildman–Crippen MR) is 185 cm³/mol. The van der Waals surface area contributed by atoms with Crippen LogP contribution in [-0.4, -0.2) is 54.8 Å². The van der Waals surface area contributed by atoms with Crippen LogP contribution in [0, 0.1) is 0 Å². The van der Waals surface area contributed by atoms with E-state index >= 15 is 0 Å². The van der Waals surface area contributed by atoms with Gasteiger partial charge in [0.15, 0.2) is 11.4 Å². The van der Waals surface area contributed by atoms with Crippen molar-refractivity contribution in [2.24, 2.45) is 0 Å². The van der Waals surface area contributed by atoms with Gasteiger partial charge in [-0.15, -0.1) is 15.0 Å². The molecule has 0 radical (unpaired) electrons. The van der Waals surface area contributed by atoms with Crippen molar-refractivity contribution < 1.29 is 18.7 Å². The van der Waals surface area contributed by atoms with Gasteiger partial charge in [0.25, 0.3) is 0 Å². The Balaban J connectivity index is 1.06. The van der Waals surface area contributed by atoms with E-state index in [1.807, 2.05) is 54.6 Å². The second kappa shape index (κ2) is 15.5. The van der Waals surface area contributed by atoms with Gasteiger partial charge in [0.2, 0.25) is 5.91 Å². The second-order valence-electron chi connectivity index (χ2n) is 12.5. The Labute approximate surface area is 285 Å². The minimum Gasteiger partial charge on any atom is -0.382 e. The number of aliphatic hydroxyl groups excluding tert-OH is 1. The summed E-state index contributed by atoms with van der Waals surface area (Å²) < 4.78 is 29.5. The number of aliphatic hydroxyl groups is 1. The number of alkyl halides is 2. The lowest BCUT2D eigenvalue weighted by Gasteiger charge is -2.34. The largest absolute Gasteiger partial charge is 0.382 e. The van der Waals surface area contributed by atoms with Crippen molar-refractivity contribution in [3.8, 4) is 0 Å². The van der Waals surface area contributed by atoms with Crippen molar-refractivity contribution in [3.05, 3.63) is 162 Å². The van der Waals surface area contributed by atoms with Crippen molar-refractivity contribution in [1.82, 2.24) is 25.1 Å². The fourth-order valence-corrected chi connectivity index (χ4v) is 6.72. The van der Waals surface area contributed by atoms with E-state index in [1.165, 1.54) is 24.3 Å². The number of nitrogens with zero attached hydrogens (tertiary/aromatic N) is 5. The zero-order chi connectivity index (χ0) is 34.1. The van der Waals surface area contributed by atoms with Crippen molar-refractivity contribution in [3.63, 3.8) is 0 Å². The van der Waals surface area contributed by atoms with Gasteiger partial charge in [-0.2, -0.15) is 8.78 Å². The molecular weight excluding hydrogens is 620 g/mol. The van der Waals surface area contributed by atoms with E-state index in [-0.39, 0.29) is 17.5 Å². The number of halogens is 2. The van der Waals surface area contributed by atoms with Gasteiger partial charge in [-0.1, -0.05) is 146 Å². The second-order valence-corrected chi connectivity index (χ2v) is 12.5. The topological polar surface area (TPSA) is 84.1 Å². The molecule has 0 aliphatic carbocycles. The van der Waals surface area contributed by atoms with Gasteiger partial charge < -0.3 is 10.0 Å². The summed E-state index contributed by atoms with van der Waals surface area (Å²) in [6, 6.07) is 37.7. The van der Waals surface area contributed by atoms with E-state index in [4.69, 9.17) is 5.10 Å². The fourth-order valence-electron chi connectivity index (χ4n) is 6.72. The molecule has 0 spiro atoms. The van der Waals surface area contributed by atoms with Gasteiger partial charge in [-0.05, 0) is 41.2 Å². The van der Waals surface area contributed by atoms with Crippen LogP contribution in [0.3, 0.4) is 0 Å². The molecule has 0 bridgehead atoms. The lowest BCUT2D eigenvalue weighted by Crippen LogP contribution is -2.39. The molecule has 7 nitrogen and oxygen atoms in total. The summed E-state index contributed by atoms with van der Waals surface area (Å²) in [6.07, 6.45) is 5.76. The molecule has 252 valence electrons. The molecule has 1 saturated heterocycles. The van der Waals surface area contributed by atoms with Crippen molar-refractivity contribution in [2.45, 2.75) is 68.6 Å². The molecule has 49 heavy (non-hydrogen) atoms. The Hall–Kier alpha value is -5.02. The summed E-state index contributed by atoms with van der Waals surface area (Å²) in [4.78, 5) is 16.1. The van der Waals surface area contributed by atoms with Crippen LogP contribution in [0.25, 0.3) is 0 Å². The summed E-state index contributed by atoms with van der Waals surface area (Å²) >= 11 is 0. The molecule has 0 saturated carbocycles. The van der Waals surface area contributed by atoms with Crippen molar-refractivity contribution in [1.29, 1.82) is 0 Å². The Morgan fingerprint density at radius 1 is 0.755 bits per heavy atom. The van der Waals surface area contributed by atoms with Crippen LogP contribution < -0.4 is 0 Å². The van der Waals surface area contributed by atoms with Crippen molar-refractivity contribution in [2.75, 3.05) is 6.54 Å². The molecule has 4 aromatic carbocycles. The third-order valence-corrected chi connectivity index (χ3v) is 9.30. The SMILES string of the molecule is O=C1CC[C@H](C=C[C@@H](O)C(F)(F)c2ccccc2)N1CCCCCCc1nnn(C(c2ccccc2)(c2ccccc2)c2ccccc2)n1. The minimum atomic E-state index is -3.42. The summed E-state index contributed by atoms with van der Waals surface area (Å²) in [5, 5.41) is 24.3. The fraction of sp³-hybridized carbons (Fsp3) is 0.300. The average Bonchev–Trinajstić information content (AvgIpc) is 3.77. The Kier molecular flexibility index (Phi) is 10.7. The molecule has 1 amide bonds. The maximum atomic E-state index is 14.7. The molecule has 1 aromatic heterocycles. The quantitative estimate of drug-likeness (QED) is 0.0723. The highest BCUT2D eigenvalue weighted by Crippen LogP contribution is 2.39. The predicted octanol–water partition coefficient (Wildman–Crippen LogP) is 7.32. The number of aryl methyl sites for hydroxylation is 1. The molecule has 5 aromatic rings. The molecule has 1 aliphatic heterocycles. The normalized spacial score (nSPS) is 16.0. The van der Waals surface area contributed by atoms with E-state index in [1.54, 1.807) is 21.8 Å². The maximum Gasteiger partial charge on any atom is 0.302 e. The van der Waals surface area contributed by atoms with E-state index < -0.39 is 17.6 Å². The van der Waals surface area contributed by atoms with Gasteiger partial charge in [0.05, 0.1) is 6.04 Å². The number of aromatic nitrogens is 4. The highest BCUT2D eigenvalue weighted by Gasteiger charge is 2.41. The molecule has 9 heteroatoms. The third-order valence-electron chi connectivity index (χ3n) is 9.30. The number of carbonyl (C=O) groups is 1. The van der Waals surface area contributed by atoms with E-state index in [0.29, 0.717) is 31.6 Å². The molecule has 1 N–H and O–H groups in total. The van der Waals surface area contributed by atoms with Crippen LogP contribution in [0.1, 0.15) is 66.6 Å². The highest BCUT2D eigenvalue weighted by atomic mass is 19.3. The van der Waals surface area contributed by atoms with Crippen LogP contribution in [0.5, 0.6) is 0 Å². The first-order valence-electron chi connectivity index (χ1n) is 17.0. The standard InChI is InChI=1S/C40H41F2N5O2/c41-40(42,34-23-13-6-14-24-34)36(48)28-26-35-27-29-38(49)46(35)30-16-2-1-15-25-37-43-45-47(44-37)39(31-17-7-3-8-18-31,32-19-9-4-10-20-32)33-21-11-5-12-22-33/h3-14,17-24,26,28,35-36,48H,1-2,15-16,25,27,29-30H2/t35-,36+/m0/s1. The van der Waals surface area contributed by atoms with Gasteiger partial charge >= 0.3 is 5.92 Å². The molecule has 1 fully saturated rings. The third kappa shape index (κ3) is 7.37. The number of tetrazole rings is 1. The van der Waals surface area contributed by atoms with Crippen LogP contribution >= 0.6 is 0 Å². The number of hydrogen-bond acceptors (Lipinski definition) is 5. The van der Waals surface area contributed by atoms with Crippen molar-refractivity contribution >= 4 is 5.91 Å². The van der Waals surface area contributed by atoms with E-state index in [2.05, 4.69) is 46.7 Å². The monoisotopic (exact) mass is 661 g/mol. The molecular formula is C40H41F2N5O2. The van der Waals surface area contributed by atoms with Gasteiger partial charge in [-0.3, -0.25) is 4.79 Å². The van der Waals surface area contributed by atoms with Gasteiger partial charge in [0, 0.05) is 24.9 Å². The Morgan fingerprint density at radius 3 is 1.82 bits per heavy atom. The molecule has 2 heterocycles. The Bertz CT molecular complexity index is 1700. The first-order valence-corrected chi connectivity index (χ1v) is 17.0. The lowest BCUT2D eigenvalue weighted by atomic mass is 9.77. The number of likely N-dealkylation sites (tertiary alicyclic amines) is 1. The summed E-state index contributed by atoms with van der Waals surface area (Å²) in [5.74, 6) is -2.74. The maximum absolute atomic E-state index is 14.7. The molecule has 0 unspecified atom stereocenters. The number of hydrogen-bond donors (Lipinski definition) is 1. The minimum absolute atomic E-state index is 0.0125. The molecule has 2 atom stereocenters. The zero-order valence-electron chi connectivity index (χ0n) is 27.4. The lowest BCUT2D eigenvalue weighted by molar-refractivity contribution is -0.128. The number of carbonyl (C=O) groups excluding carboxylic acids is 1. The average molecular weight is 662 g/mol. The smallest absolute Gasteiger partial charge is 0.302 e. The highest BCUT2D eigenvalue weighted by molar-refractivity contribution is 5.79. The van der Waals surface area contributed by atoms with Crippen LogP contribution in [0.15, 0.2) is 133 Å². The summed E-state index contributed by atoms with van der Waals surface area (Å²) in [6.45, 7) is 0.543. The number of unbranched alkanes of at least 4 members (excludes halogenated alkanes) is 3. The Morgan fingerprint density at radius 2 is 1.27 bits per heavy atom.